The molecule has 16 heteroatoms. The highest BCUT2D eigenvalue weighted by molar-refractivity contribution is 7.22. The fraction of sp³-hybridized carbons (Fsp3) is 0.415. The van der Waals surface area contributed by atoms with Crippen molar-refractivity contribution in [3.8, 4) is 22.4 Å². The highest BCUT2D eigenvalue weighted by Gasteiger charge is 2.66. The Balaban J connectivity index is 0.819. The third-order valence-corrected chi connectivity index (χ3v) is 15.8. The summed E-state index contributed by atoms with van der Waals surface area (Å²) in [6, 6.07) is 18.4. The molecule has 2 unspecified atom stereocenters. The van der Waals surface area contributed by atoms with Crippen molar-refractivity contribution in [3.05, 3.63) is 102 Å². The Labute approximate surface area is 404 Å². The number of carboxylic acids is 1. The van der Waals surface area contributed by atoms with E-state index < -0.39 is 5.97 Å². The first-order valence-electron chi connectivity index (χ1n) is 23.8. The van der Waals surface area contributed by atoms with Crippen molar-refractivity contribution in [2.75, 3.05) is 32.1 Å². The standard InChI is InChI=1S/C53H56N8O7S/c1-33-38(35-16-17-39(56-46(35)48(66)67)34-23-37-36(11-10-13-40(37)54-24-34)47(65)58-49-57-41-12-7-8-14-42(41)69-49)25-55-61(33)32-52-27-50(2)26-51(3,28-52)30-53(29-50,31-52)68-22-21-59(4)43(62)15-6-5-9-20-60-44(63)18-19-45(60)64/h7-8,10-14,16-19,23-25H,5-6,9,15,20-22,26-32H2,1-4H3,(H,66,67)(H,57,58,65). The van der Waals surface area contributed by atoms with E-state index in [-0.39, 0.29) is 51.2 Å². The van der Waals surface area contributed by atoms with E-state index in [9.17, 15) is 29.1 Å². The Hall–Kier alpha value is -6.65. The molecule has 1 aliphatic heterocycles. The van der Waals surface area contributed by atoms with Gasteiger partial charge in [-0.3, -0.25) is 39.1 Å². The monoisotopic (exact) mass is 948 g/mol. The minimum Gasteiger partial charge on any atom is -0.476 e. The summed E-state index contributed by atoms with van der Waals surface area (Å²) >= 11 is 1.40. The number of ether oxygens (including phenoxy) is 1. The third kappa shape index (κ3) is 9.07. The molecule has 5 aliphatic rings. The molecule has 0 saturated heterocycles. The molecule has 2 atom stereocenters. The highest BCUT2D eigenvalue weighted by Crippen LogP contribution is 2.72. The van der Waals surface area contributed by atoms with E-state index in [1.807, 2.05) is 55.1 Å². The average Bonchev–Trinajstić information content (AvgIpc) is 3.98. The summed E-state index contributed by atoms with van der Waals surface area (Å²) in [5, 5.41) is 19.5. The van der Waals surface area contributed by atoms with Crippen LogP contribution in [0.1, 0.15) is 105 Å². The van der Waals surface area contributed by atoms with Crippen molar-refractivity contribution in [2.24, 2.45) is 16.2 Å². The van der Waals surface area contributed by atoms with E-state index in [0.29, 0.717) is 89.5 Å². The van der Waals surface area contributed by atoms with Crippen LogP contribution in [0.25, 0.3) is 43.5 Å². The van der Waals surface area contributed by atoms with Crippen LogP contribution in [0.5, 0.6) is 0 Å². The first-order valence-corrected chi connectivity index (χ1v) is 24.6. The number of para-hydroxylation sites is 1. The maximum absolute atomic E-state index is 13.6. The summed E-state index contributed by atoms with van der Waals surface area (Å²) in [5.74, 6) is -1.99. The molecule has 4 amide bonds. The number of amides is 4. The number of nitrogens with zero attached hydrogens (tertiary/aromatic N) is 7. The number of aromatic nitrogens is 5. The number of unbranched alkanes of at least 4 members (excludes halogenated alkanes) is 2. The lowest BCUT2D eigenvalue weighted by Crippen LogP contribution is -2.64. The fourth-order valence-electron chi connectivity index (χ4n) is 13.0. The minimum absolute atomic E-state index is 0.0540. The second-order valence-electron chi connectivity index (χ2n) is 20.7. The first kappa shape index (κ1) is 46.1. The summed E-state index contributed by atoms with van der Waals surface area (Å²) in [7, 11) is 1.82. The fourth-order valence-corrected chi connectivity index (χ4v) is 13.9. The SMILES string of the molecule is Cc1c(-c2ccc(-c3cnc4cccc(C(=O)Nc5nc6ccccc6s5)c4c3)nc2C(=O)O)cnn1CC12CC3(C)CC(C)(C1)CC(OCCN(C)C(=O)CCCCCN1C(=O)C=CC1=O)(C3)C2. The number of fused-ring (bicyclic) bond motifs is 2. The van der Waals surface area contributed by atoms with Crippen LogP contribution in [-0.2, 0) is 25.7 Å². The molecule has 356 valence electrons. The summed E-state index contributed by atoms with van der Waals surface area (Å²) in [4.78, 5) is 80.2. The van der Waals surface area contributed by atoms with Crippen LogP contribution in [0.2, 0.25) is 0 Å². The van der Waals surface area contributed by atoms with E-state index in [1.165, 1.54) is 28.4 Å². The lowest BCUT2D eigenvalue weighted by Gasteiger charge is -2.69. The molecule has 11 rings (SSSR count). The Morgan fingerprint density at radius 3 is 2.36 bits per heavy atom. The number of aromatic carboxylic acids is 1. The van der Waals surface area contributed by atoms with Gasteiger partial charge in [-0.05, 0) is 117 Å². The van der Waals surface area contributed by atoms with Crippen LogP contribution in [-0.4, -0.2) is 102 Å². The topological polar surface area (TPSA) is 190 Å². The van der Waals surface area contributed by atoms with Crippen LogP contribution in [0, 0.1) is 23.2 Å². The van der Waals surface area contributed by atoms with Gasteiger partial charge in [0.25, 0.3) is 17.7 Å². The number of anilines is 1. The maximum atomic E-state index is 13.6. The number of imide groups is 1. The number of benzene rings is 2. The molecule has 0 spiro atoms. The number of hydrogen-bond acceptors (Lipinski definition) is 11. The van der Waals surface area contributed by atoms with Crippen LogP contribution < -0.4 is 5.32 Å². The van der Waals surface area contributed by atoms with Gasteiger partial charge in [0.15, 0.2) is 10.8 Å². The molecule has 2 aromatic carbocycles. The van der Waals surface area contributed by atoms with Gasteiger partial charge >= 0.3 is 5.97 Å². The maximum Gasteiger partial charge on any atom is 0.355 e. The van der Waals surface area contributed by atoms with Gasteiger partial charge in [0.1, 0.15) is 0 Å². The Morgan fingerprint density at radius 1 is 0.855 bits per heavy atom. The van der Waals surface area contributed by atoms with Crippen molar-refractivity contribution in [1.82, 2.24) is 34.5 Å². The van der Waals surface area contributed by atoms with Gasteiger partial charge in [0.2, 0.25) is 5.91 Å². The van der Waals surface area contributed by atoms with E-state index >= 15 is 0 Å². The normalized spacial score (nSPS) is 23.7. The zero-order chi connectivity index (χ0) is 48.3. The van der Waals surface area contributed by atoms with Gasteiger partial charge in [-0.2, -0.15) is 5.10 Å². The quantitative estimate of drug-likeness (QED) is 0.0655. The van der Waals surface area contributed by atoms with Gasteiger partial charge in [-0.15, -0.1) is 0 Å². The van der Waals surface area contributed by atoms with Crippen LogP contribution >= 0.6 is 11.3 Å². The number of rotatable bonds is 17. The van der Waals surface area contributed by atoms with Gasteiger partial charge in [0, 0.05) is 84.8 Å². The molecule has 4 bridgehead atoms. The van der Waals surface area contributed by atoms with Crippen molar-refractivity contribution < 1.29 is 33.8 Å². The number of hydrogen-bond donors (Lipinski definition) is 2. The lowest BCUT2D eigenvalue weighted by molar-refractivity contribution is -0.248. The number of likely N-dealkylation sites (N-methyl/N-ethyl adjacent to an activating group) is 1. The second-order valence-corrected chi connectivity index (χ2v) is 21.8. The number of carboxylic acid groups (broad SMARTS) is 1. The number of carbonyl (C=O) groups excluding carboxylic acids is 4. The Morgan fingerprint density at radius 2 is 1.61 bits per heavy atom. The molecule has 6 aromatic rings. The van der Waals surface area contributed by atoms with E-state index in [1.54, 1.807) is 41.6 Å². The van der Waals surface area contributed by atoms with Gasteiger partial charge in [0.05, 0.1) is 39.8 Å². The zero-order valence-electron chi connectivity index (χ0n) is 39.4. The van der Waals surface area contributed by atoms with Crippen LogP contribution in [0.15, 0.2) is 85.2 Å². The molecular weight excluding hydrogens is 893 g/mol. The molecule has 5 heterocycles. The Bertz CT molecular complexity index is 3030. The van der Waals surface area contributed by atoms with Gasteiger partial charge < -0.3 is 14.7 Å². The number of nitrogens with one attached hydrogen (secondary N) is 1. The lowest BCUT2D eigenvalue weighted by atomic mass is 9.39. The molecular formula is C53H56N8O7S. The predicted molar refractivity (Wildman–Crippen MR) is 262 cm³/mol. The predicted octanol–water partition coefficient (Wildman–Crippen LogP) is 9.11. The zero-order valence-corrected chi connectivity index (χ0v) is 40.2. The first-order chi connectivity index (χ1) is 33.0. The van der Waals surface area contributed by atoms with Crippen molar-refractivity contribution >= 4 is 67.2 Å². The number of carbonyl (C=O) groups is 5. The molecule has 2 N–H and O–H groups in total. The van der Waals surface area contributed by atoms with Crippen LogP contribution in [0.3, 0.4) is 0 Å². The molecule has 69 heavy (non-hydrogen) atoms. The van der Waals surface area contributed by atoms with E-state index in [4.69, 9.17) is 14.8 Å². The van der Waals surface area contributed by atoms with Crippen molar-refractivity contribution in [2.45, 2.75) is 97.1 Å². The minimum atomic E-state index is -1.17. The van der Waals surface area contributed by atoms with Crippen molar-refractivity contribution in [3.63, 3.8) is 0 Å². The summed E-state index contributed by atoms with van der Waals surface area (Å²) < 4.78 is 9.96. The van der Waals surface area contributed by atoms with E-state index in [0.717, 1.165) is 60.9 Å². The summed E-state index contributed by atoms with van der Waals surface area (Å²) in [5.41, 5.74) is 4.50. The van der Waals surface area contributed by atoms with Crippen molar-refractivity contribution in [1.29, 1.82) is 0 Å². The van der Waals surface area contributed by atoms with Crippen LogP contribution in [0.4, 0.5) is 5.13 Å². The van der Waals surface area contributed by atoms with Gasteiger partial charge in [-0.25, -0.2) is 14.8 Å². The van der Waals surface area contributed by atoms with E-state index in [2.05, 4.69) is 29.1 Å². The summed E-state index contributed by atoms with van der Waals surface area (Å²) in [6.45, 7) is 8.77. The highest BCUT2D eigenvalue weighted by atomic mass is 32.1. The van der Waals surface area contributed by atoms with Gasteiger partial charge in [-0.1, -0.05) is 49.8 Å². The number of pyridine rings is 2. The molecule has 4 aromatic heterocycles. The second kappa shape index (κ2) is 17.7. The molecule has 4 saturated carbocycles. The largest absolute Gasteiger partial charge is 0.476 e. The third-order valence-electron chi connectivity index (χ3n) is 14.8. The molecule has 0 radical (unpaired) electrons. The summed E-state index contributed by atoms with van der Waals surface area (Å²) in [6.07, 6.45) is 14.5. The average molecular weight is 949 g/mol. The molecule has 4 fully saturated rings. The number of thiazole rings is 1. The molecule has 4 aliphatic carbocycles. The smallest absolute Gasteiger partial charge is 0.355 e. The molecule has 15 nitrogen and oxygen atoms in total. The Kier molecular flexibility index (Phi) is 11.8.